The average Bonchev–Trinajstić information content (AvgIpc) is 2.94. The van der Waals surface area contributed by atoms with Gasteiger partial charge in [0.25, 0.3) is 0 Å². The third-order valence-corrected chi connectivity index (χ3v) is 5.33. The van der Waals surface area contributed by atoms with E-state index >= 15 is 0 Å². The summed E-state index contributed by atoms with van der Waals surface area (Å²) in [6, 6.07) is 9.49. The average molecular weight is 378 g/mol. The second kappa shape index (κ2) is 7.89. The van der Waals surface area contributed by atoms with Crippen molar-refractivity contribution in [1.82, 2.24) is 20.1 Å². The minimum atomic E-state index is -0.883. The third kappa shape index (κ3) is 4.53. The fraction of sp³-hybridized carbons (Fsp3) is 0.412. The van der Waals surface area contributed by atoms with Crippen LogP contribution in [0.4, 0.5) is 0 Å². The highest BCUT2D eigenvalue weighted by molar-refractivity contribution is 7.99. The Morgan fingerprint density at radius 2 is 2.04 bits per heavy atom. The highest BCUT2D eigenvalue weighted by Crippen LogP contribution is 2.24. The summed E-state index contributed by atoms with van der Waals surface area (Å²) < 4.78 is 1.83. The maximum Gasteiger partial charge on any atom is 0.231 e. The SMILES string of the molecule is CC(C)[C@@](C)(C#N)NC(=O)CSc1nnc(-c2ccc(Cl)cc2)n1C. The van der Waals surface area contributed by atoms with Gasteiger partial charge in [0, 0.05) is 17.6 Å². The van der Waals surface area contributed by atoms with Gasteiger partial charge in [-0.25, -0.2) is 0 Å². The number of nitrogens with zero attached hydrogens (tertiary/aromatic N) is 4. The van der Waals surface area contributed by atoms with Crippen LogP contribution in [0, 0.1) is 17.2 Å². The van der Waals surface area contributed by atoms with Gasteiger partial charge in [0.15, 0.2) is 11.0 Å². The Kier molecular flexibility index (Phi) is 6.09. The maximum absolute atomic E-state index is 12.2. The zero-order valence-electron chi connectivity index (χ0n) is 14.6. The zero-order valence-corrected chi connectivity index (χ0v) is 16.1. The van der Waals surface area contributed by atoms with Gasteiger partial charge in [0.05, 0.1) is 11.8 Å². The van der Waals surface area contributed by atoms with Gasteiger partial charge in [-0.3, -0.25) is 4.79 Å². The van der Waals surface area contributed by atoms with Crippen molar-refractivity contribution in [2.75, 3.05) is 5.75 Å². The Hall–Kier alpha value is -2.04. The van der Waals surface area contributed by atoms with Crippen LogP contribution in [0.1, 0.15) is 20.8 Å². The Bertz CT molecular complexity index is 796. The van der Waals surface area contributed by atoms with Gasteiger partial charge in [0.2, 0.25) is 5.91 Å². The second-order valence-electron chi connectivity index (χ2n) is 6.18. The Morgan fingerprint density at radius 3 is 2.60 bits per heavy atom. The maximum atomic E-state index is 12.2. The number of nitrogens with one attached hydrogen (secondary N) is 1. The lowest BCUT2D eigenvalue weighted by Gasteiger charge is -2.27. The number of carbonyl (C=O) groups is 1. The molecule has 0 unspecified atom stereocenters. The van der Waals surface area contributed by atoms with Crippen molar-refractivity contribution < 1.29 is 4.79 Å². The summed E-state index contributed by atoms with van der Waals surface area (Å²) in [4.78, 5) is 12.2. The number of halogens is 1. The summed E-state index contributed by atoms with van der Waals surface area (Å²) in [5.74, 6) is 0.663. The van der Waals surface area contributed by atoms with E-state index in [0.29, 0.717) is 16.0 Å². The number of hydrogen-bond donors (Lipinski definition) is 1. The minimum absolute atomic E-state index is 0.0118. The number of nitriles is 1. The lowest BCUT2D eigenvalue weighted by atomic mass is 9.90. The molecule has 0 aliphatic heterocycles. The number of thioether (sulfide) groups is 1. The van der Waals surface area contributed by atoms with E-state index in [1.165, 1.54) is 11.8 Å². The van der Waals surface area contributed by atoms with E-state index in [0.717, 1.165) is 5.56 Å². The van der Waals surface area contributed by atoms with Gasteiger partial charge < -0.3 is 9.88 Å². The van der Waals surface area contributed by atoms with Crippen molar-refractivity contribution in [3.63, 3.8) is 0 Å². The molecular weight excluding hydrogens is 358 g/mol. The summed E-state index contributed by atoms with van der Waals surface area (Å²) in [6.45, 7) is 5.52. The molecule has 1 amide bonds. The third-order valence-electron chi connectivity index (χ3n) is 4.06. The van der Waals surface area contributed by atoms with E-state index in [-0.39, 0.29) is 17.6 Å². The molecule has 0 aliphatic rings. The first-order chi connectivity index (χ1) is 11.8. The largest absolute Gasteiger partial charge is 0.337 e. The molecule has 0 radical (unpaired) electrons. The predicted molar refractivity (Wildman–Crippen MR) is 99.2 cm³/mol. The molecule has 0 bridgehead atoms. The summed E-state index contributed by atoms with van der Waals surface area (Å²) in [7, 11) is 1.84. The molecule has 0 saturated heterocycles. The predicted octanol–water partition coefficient (Wildman–Crippen LogP) is 3.28. The molecule has 1 aromatic carbocycles. The summed E-state index contributed by atoms with van der Waals surface area (Å²) in [6.07, 6.45) is 0. The molecule has 2 rings (SSSR count). The van der Waals surface area contributed by atoms with Gasteiger partial charge in [0.1, 0.15) is 5.54 Å². The fourth-order valence-electron chi connectivity index (χ4n) is 2.05. The normalized spacial score (nSPS) is 13.3. The number of amides is 1. The van der Waals surface area contributed by atoms with E-state index in [1.54, 1.807) is 19.1 Å². The van der Waals surface area contributed by atoms with Gasteiger partial charge in [-0.05, 0) is 37.1 Å². The van der Waals surface area contributed by atoms with Crippen molar-refractivity contribution in [2.24, 2.45) is 13.0 Å². The van der Waals surface area contributed by atoms with E-state index in [4.69, 9.17) is 11.6 Å². The topological polar surface area (TPSA) is 83.6 Å². The smallest absolute Gasteiger partial charge is 0.231 e. The summed E-state index contributed by atoms with van der Waals surface area (Å²) in [5, 5.41) is 21.7. The molecule has 1 N–H and O–H groups in total. The lowest BCUT2D eigenvalue weighted by molar-refractivity contribution is -0.120. The van der Waals surface area contributed by atoms with Gasteiger partial charge in [-0.1, -0.05) is 37.2 Å². The van der Waals surface area contributed by atoms with Crippen molar-refractivity contribution in [3.8, 4) is 17.5 Å². The minimum Gasteiger partial charge on any atom is -0.337 e. The number of benzene rings is 1. The molecule has 132 valence electrons. The number of aromatic nitrogens is 3. The lowest BCUT2D eigenvalue weighted by Crippen LogP contribution is -2.49. The monoisotopic (exact) mass is 377 g/mol. The molecule has 0 saturated carbocycles. The summed E-state index contributed by atoms with van der Waals surface area (Å²) >= 11 is 7.18. The van der Waals surface area contributed by atoms with Crippen LogP contribution in [-0.4, -0.2) is 32.0 Å². The molecule has 0 aliphatic carbocycles. The van der Waals surface area contributed by atoms with Crippen LogP contribution in [0.15, 0.2) is 29.4 Å². The first kappa shape index (κ1) is 19.3. The van der Waals surface area contributed by atoms with Crippen LogP contribution in [0.5, 0.6) is 0 Å². The molecule has 6 nitrogen and oxygen atoms in total. The van der Waals surface area contributed by atoms with Crippen LogP contribution < -0.4 is 5.32 Å². The van der Waals surface area contributed by atoms with Crippen LogP contribution in [-0.2, 0) is 11.8 Å². The van der Waals surface area contributed by atoms with Gasteiger partial charge in [-0.2, -0.15) is 5.26 Å². The quantitative estimate of drug-likeness (QED) is 0.781. The first-order valence-corrected chi connectivity index (χ1v) is 9.13. The van der Waals surface area contributed by atoms with E-state index in [2.05, 4.69) is 21.6 Å². The van der Waals surface area contributed by atoms with E-state index in [1.807, 2.05) is 37.6 Å². The Morgan fingerprint density at radius 1 is 1.40 bits per heavy atom. The van der Waals surface area contributed by atoms with Crippen molar-refractivity contribution in [3.05, 3.63) is 29.3 Å². The summed E-state index contributed by atoms with van der Waals surface area (Å²) in [5.41, 5.74) is 0.0130. The Balaban J connectivity index is 2.04. The zero-order chi connectivity index (χ0) is 18.6. The molecule has 0 fully saturated rings. The van der Waals surface area contributed by atoms with Crippen LogP contribution >= 0.6 is 23.4 Å². The molecule has 0 spiro atoms. The van der Waals surface area contributed by atoms with E-state index < -0.39 is 5.54 Å². The van der Waals surface area contributed by atoms with Crippen molar-refractivity contribution >= 4 is 29.3 Å². The van der Waals surface area contributed by atoms with Crippen LogP contribution in [0.2, 0.25) is 5.02 Å². The molecule has 8 heteroatoms. The van der Waals surface area contributed by atoms with Crippen LogP contribution in [0.3, 0.4) is 0 Å². The molecule has 2 aromatic rings. The highest BCUT2D eigenvalue weighted by Gasteiger charge is 2.30. The van der Waals surface area contributed by atoms with Crippen molar-refractivity contribution in [2.45, 2.75) is 31.5 Å². The molecule has 1 heterocycles. The molecule has 25 heavy (non-hydrogen) atoms. The highest BCUT2D eigenvalue weighted by atomic mass is 35.5. The molecule has 1 aromatic heterocycles. The number of hydrogen-bond acceptors (Lipinski definition) is 5. The number of carbonyl (C=O) groups excluding carboxylic acids is 1. The fourth-order valence-corrected chi connectivity index (χ4v) is 2.89. The second-order valence-corrected chi connectivity index (χ2v) is 7.56. The molecular formula is C17H20ClN5OS. The standard InChI is InChI=1S/C17H20ClN5OS/c1-11(2)17(3,10-19)20-14(24)9-25-16-22-21-15(23(16)4)12-5-7-13(18)8-6-12/h5-8,11H,9H2,1-4H3,(H,20,24)/t17-/m1/s1. The molecule has 1 atom stereocenters. The number of rotatable bonds is 6. The van der Waals surface area contributed by atoms with Crippen LogP contribution in [0.25, 0.3) is 11.4 Å². The van der Waals surface area contributed by atoms with Crippen molar-refractivity contribution in [1.29, 1.82) is 5.26 Å². The van der Waals surface area contributed by atoms with E-state index in [9.17, 15) is 10.1 Å². The van der Waals surface area contributed by atoms with Gasteiger partial charge >= 0.3 is 0 Å². The Labute approximate surface area is 156 Å². The van der Waals surface area contributed by atoms with Gasteiger partial charge in [-0.15, -0.1) is 10.2 Å². The first-order valence-electron chi connectivity index (χ1n) is 7.77.